The van der Waals surface area contributed by atoms with Crippen molar-refractivity contribution in [3.63, 3.8) is 0 Å². The van der Waals surface area contributed by atoms with Gasteiger partial charge in [-0.1, -0.05) is 13.0 Å². The van der Waals surface area contributed by atoms with Crippen LogP contribution in [0.25, 0.3) is 0 Å². The highest BCUT2D eigenvalue weighted by molar-refractivity contribution is 5.77. The van der Waals surface area contributed by atoms with Crippen LogP contribution >= 0.6 is 0 Å². The van der Waals surface area contributed by atoms with Crippen molar-refractivity contribution in [2.75, 3.05) is 13.1 Å². The molecule has 0 bridgehead atoms. The summed E-state index contributed by atoms with van der Waals surface area (Å²) >= 11 is 0. The second-order valence-corrected chi connectivity index (χ2v) is 4.41. The molecule has 0 spiro atoms. The van der Waals surface area contributed by atoms with Crippen LogP contribution in [0.1, 0.15) is 25.5 Å². The number of rotatable bonds is 4. The van der Waals surface area contributed by atoms with Gasteiger partial charge in [-0.2, -0.15) is 0 Å². The predicted octanol–water partition coefficient (Wildman–Crippen LogP) is 1.78. The maximum atomic E-state index is 11.5. The number of ether oxygens (including phenoxy) is 1. The number of aromatic nitrogens is 1. The number of amides is 1. The minimum absolute atomic E-state index is 0.102. The Kier molecular flexibility index (Phi) is 3.61. The maximum absolute atomic E-state index is 11.5. The fraction of sp³-hybridized carbons (Fsp3) is 0.538. The Morgan fingerprint density at radius 2 is 2.29 bits per heavy atom. The van der Waals surface area contributed by atoms with Gasteiger partial charge in [0.1, 0.15) is 6.10 Å². The molecule has 4 nitrogen and oxygen atoms in total. The number of hydrogen-bond donors (Lipinski definition) is 0. The Morgan fingerprint density at radius 3 is 2.94 bits per heavy atom. The summed E-state index contributed by atoms with van der Waals surface area (Å²) in [5.74, 6) is 0.877. The molecular weight excluding hydrogens is 216 g/mol. The summed E-state index contributed by atoms with van der Waals surface area (Å²) in [5, 5.41) is 0. The van der Waals surface area contributed by atoms with Crippen molar-refractivity contribution in [3.05, 3.63) is 23.9 Å². The molecule has 4 heteroatoms. The molecule has 1 aliphatic heterocycles. The zero-order valence-corrected chi connectivity index (χ0v) is 10.3. The van der Waals surface area contributed by atoms with Gasteiger partial charge in [-0.25, -0.2) is 4.98 Å². The number of carbonyl (C=O) groups is 1. The third kappa shape index (κ3) is 2.96. The lowest BCUT2D eigenvalue weighted by Gasteiger charge is -2.38. The topological polar surface area (TPSA) is 42.4 Å². The van der Waals surface area contributed by atoms with Crippen molar-refractivity contribution in [1.82, 2.24) is 9.88 Å². The van der Waals surface area contributed by atoms with Crippen LogP contribution in [0.4, 0.5) is 0 Å². The van der Waals surface area contributed by atoms with E-state index < -0.39 is 0 Å². The lowest BCUT2D eigenvalue weighted by Crippen LogP contribution is -2.56. The van der Waals surface area contributed by atoms with Gasteiger partial charge in [-0.3, -0.25) is 4.79 Å². The summed E-state index contributed by atoms with van der Waals surface area (Å²) in [5.41, 5.74) is 0.945. The molecule has 0 N–H and O–H groups in total. The summed E-state index contributed by atoms with van der Waals surface area (Å²) in [6.45, 7) is 5.33. The number of hydrogen-bond acceptors (Lipinski definition) is 3. The molecule has 0 aliphatic carbocycles. The molecule has 1 aromatic rings. The molecule has 0 radical (unpaired) electrons. The van der Waals surface area contributed by atoms with Crippen molar-refractivity contribution in [1.29, 1.82) is 0 Å². The molecular formula is C13H18N2O2. The number of nitrogens with zero attached hydrogens (tertiary/aromatic N) is 2. The molecule has 1 saturated heterocycles. The van der Waals surface area contributed by atoms with Gasteiger partial charge >= 0.3 is 0 Å². The van der Waals surface area contributed by atoms with Crippen molar-refractivity contribution >= 4 is 5.91 Å². The zero-order valence-electron chi connectivity index (χ0n) is 10.3. The van der Waals surface area contributed by atoms with Gasteiger partial charge in [0.25, 0.3) is 0 Å². The van der Waals surface area contributed by atoms with E-state index in [1.165, 1.54) is 0 Å². The summed E-state index contributed by atoms with van der Waals surface area (Å²) in [4.78, 5) is 17.6. The minimum atomic E-state index is 0.102. The first-order valence-corrected chi connectivity index (χ1v) is 6.07. The van der Waals surface area contributed by atoms with Crippen LogP contribution in [0.2, 0.25) is 0 Å². The predicted molar refractivity (Wildman–Crippen MR) is 64.9 cm³/mol. The van der Waals surface area contributed by atoms with E-state index in [0.717, 1.165) is 12.1 Å². The summed E-state index contributed by atoms with van der Waals surface area (Å²) in [7, 11) is 0. The summed E-state index contributed by atoms with van der Waals surface area (Å²) in [6, 6.07) is 5.71. The summed E-state index contributed by atoms with van der Waals surface area (Å²) in [6.07, 6.45) is 1.64. The first kappa shape index (κ1) is 11.9. The monoisotopic (exact) mass is 234 g/mol. The van der Waals surface area contributed by atoms with E-state index in [-0.39, 0.29) is 12.0 Å². The van der Waals surface area contributed by atoms with Crippen LogP contribution in [0, 0.1) is 6.92 Å². The van der Waals surface area contributed by atoms with Gasteiger partial charge in [0, 0.05) is 18.2 Å². The third-order valence-electron chi connectivity index (χ3n) is 2.81. The van der Waals surface area contributed by atoms with Gasteiger partial charge in [-0.05, 0) is 19.4 Å². The highest BCUT2D eigenvalue weighted by atomic mass is 16.5. The quantitative estimate of drug-likeness (QED) is 0.797. The number of likely N-dealkylation sites (tertiary alicyclic amines) is 1. The molecule has 0 atom stereocenters. The largest absolute Gasteiger partial charge is 0.471 e. The highest BCUT2D eigenvalue weighted by Crippen LogP contribution is 2.17. The second kappa shape index (κ2) is 5.17. The van der Waals surface area contributed by atoms with E-state index in [1.807, 2.05) is 36.9 Å². The third-order valence-corrected chi connectivity index (χ3v) is 2.81. The Morgan fingerprint density at radius 1 is 1.53 bits per heavy atom. The highest BCUT2D eigenvalue weighted by Gasteiger charge is 2.31. The maximum Gasteiger partial charge on any atom is 0.222 e. The molecule has 2 heterocycles. The van der Waals surface area contributed by atoms with Crippen LogP contribution in [-0.2, 0) is 4.79 Å². The van der Waals surface area contributed by atoms with Gasteiger partial charge in [0.05, 0.1) is 13.1 Å². The zero-order chi connectivity index (χ0) is 12.3. The van der Waals surface area contributed by atoms with Crippen molar-refractivity contribution in [3.8, 4) is 5.88 Å². The second-order valence-electron chi connectivity index (χ2n) is 4.41. The number of aryl methyl sites for hydroxylation is 1. The Labute approximate surface area is 102 Å². The van der Waals surface area contributed by atoms with Crippen molar-refractivity contribution in [2.24, 2.45) is 0 Å². The Hall–Kier alpha value is -1.58. The SMILES string of the molecule is CCCC(=O)N1CC(Oc2cccc(C)n2)C1. The molecule has 0 unspecified atom stereocenters. The Balaban J connectivity index is 1.79. The molecule has 1 fully saturated rings. The van der Waals surface area contributed by atoms with E-state index in [9.17, 15) is 4.79 Å². The average molecular weight is 234 g/mol. The van der Waals surface area contributed by atoms with Crippen LogP contribution in [-0.4, -0.2) is 35.0 Å². The van der Waals surface area contributed by atoms with Gasteiger partial charge in [0.15, 0.2) is 0 Å². The summed E-state index contributed by atoms with van der Waals surface area (Å²) < 4.78 is 5.68. The molecule has 17 heavy (non-hydrogen) atoms. The van der Waals surface area contributed by atoms with Gasteiger partial charge in [-0.15, -0.1) is 0 Å². The molecule has 0 saturated carbocycles. The van der Waals surface area contributed by atoms with Crippen LogP contribution in [0.3, 0.4) is 0 Å². The van der Waals surface area contributed by atoms with Crippen LogP contribution in [0.5, 0.6) is 5.88 Å². The standard InChI is InChI=1S/C13H18N2O2/c1-3-5-13(16)15-8-11(9-15)17-12-7-4-6-10(2)14-12/h4,6-7,11H,3,5,8-9H2,1-2H3. The van der Waals surface area contributed by atoms with E-state index >= 15 is 0 Å². The lowest BCUT2D eigenvalue weighted by molar-refractivity contribution is -0.140. The lowest BCUT2D eigenvalue weighted by atomic mass is 10.1. The first-order chi connectivity index (χ1) is 8.19. The molecule has 2 rings (SSSR count). The molecule has 1 aliphatic rings. The van der Waals surface area contributed by atoms with Crippen LogP contribution in [0.15, 0.2) is 18.2 Å². The van der Waals surface area contributed by atoms with E-state index in [2.05, 4.69) is 4.98 Å². The average Bonchev–Trinajstić information content (AvgIpc) is 2.23. The minimum Gasteiger partial charge on any atom is -0.471 e. The number of pyridine rings is 1. The Bertz CT molecular complexity index is 400. The van der Waals surface area contributed by atoms with Crippen molar-refractivity contribution in [2.45, 2.75) is 32.8 Å². The van der Waals surface area contributed by atoms with E-state index in [4.69, 9.17) is 4.74 Å². The molecule has 92 valence electrons. The molecule has 1 aromatic heterocycles. The first-order valence-electron chi connectivity index (χ1n) is 6.07. The smallest absolute Gasteiger partial charge is 0.222 e. The van der Waals surface area contributed by atoms with Crippen LogP contribution < -0.4 is 4.74 Å². The number of carbonyl (C=O) groups excluding carboxylic acids is 1. The van der Waals surface area contributed by atoms with E-state index in [1.54, 1.807) is 0 Å². The van der Waals surface area contributed by atoms with Crippen molar-refractivity contribution < 1.29 is 9.53 Å². The van der Waals surface area contributed by atoms with Gasteiger partial charge in [0.2, 0.25) is 11.8 Å². The molecule has 0 aromatic carbocycles. The van der Waals surface area contributed by atoms with Gasteiger partial charge < -0.3 is 9.64 Å². The fourth-order valence-electron chi connectivity index (χ4n) is 1.84. The molecule has 1 amide bonds. The normalized spacial score (nSPS) is 15.5. The fourth-order valence-corrected chi connectivity index (χ4v) is 1.84. The van der Waals surface area contributed by atoms with E-state index in [0.29, 0.717) is 25.4 Å².